The van der Waals surface area contributed by atoms with Gasteiger partial charge in [0, 0.05) is 31.7 Å². The number of rotatable bonds is 5. The van der Waals surface area contributed by atoms with Crippen LogP contribution in [-0.2, 0) is 11.2 Å². The summed E-state index contributed by atoms with van der Waals surface area (Å²) in [6.45, 7) is 8.06. The molecule has 0 bridgehead atoms. The second-order valence-electron chi connectivity index (χ2n) is 6.30. The van der Waals surface area contributed by atoms with Gasteiger partial charge in [0.05, 0.1) is 0 Å². The second kappa shape index (κ2) is 7.43. The molecule has 116 valence electrons. The fraction of sp³-hybridized carbons (Fsp3) is 0.647. The van der Waals surface area contributed by atoms with Crippen LogP contribution in [0, 0.1) is 5.92 Å². The molecule has 4 nitrogen and oxygen atoms in total. The number of nitrogens with one attached hydrogen (secondary N) is 1. The number of aromatic nitrogens is 1. The first-order valence-corrected chi connectivity index (χ1v) is 8.07. The van der Waals surface area contributed by atoms with Gasteiger partial charge < -0.3 is 10.2 Å². The lowest BCUT2D eigenvalue weighted by Crippen LogP contribution is -2.42. The van der Waals surface area contributed by atoms with Gasteiger partial charge in [-0.25, -0.2) is 4.98 Å². The number of carbonyl (C=O) groups excluding carboxylic acids is 1. The molecule has 1 aliphatic heterocycles. The van der Waals surface area contributed by atoms with Crippen LogP contribution < -0.4 is 5.32 Å². The number of hydrogen-bond donors (Lipinski definition) is 1. The third-order valence-corrected chi connectivity index (χ3v) is 4.02. The van der Waals surface area contributed by atoms with E-state index in [1.807, 2.05) is 11.1 Å². The molecule has 1 fully saturated rings. The van der Waals surface area contributed by atoms with Gasteiger partial charge in [-0.1, -0.05) is 20.8 Å². The highest BCUT2D eigenvalue weighted by atomic mass is 16.2. The maximum absolute atomic E-state index is 12.1. The first kappa shape index (κ1) is 15.8. The molecule has 2 heterocycles. The van der Waals surface area contributed by atoms with Gasteiger partial charge in [-0.15, -0.1) is 0 Å². The number of pyridine rings is 1. The highest BCUT2D eigenvalue weighted by molar-refractivity contribution is 5.76. The Morgan fingerprint density at radius 2 is 2.14 bits per heavy atom. The summed E-state index contributed by atoms with van der Waals surface area (Å²) in [5.74, 6) is 1.70. The van der Waals surface area contributed by atoms with Gasteiger partial charge in [-0.3, -0.25) is 4.79 Å². The van der Waals surface area contributed by atoms with Crippen molar-refractivity contribution in [3.05, 3.63) is 23.9 Å². The molecule has 21 heavy (non-hydrogen) atoms. The molecule has 0 saturated carbocycles. The molecule has 1 aromatic rings. The average Bonchev–Trinajstić information content (AvgIpc) is 2.47. The molecule has 0 atom stereocenters. The van der Waals surface area contributed by atoms with Crippen molar-refractivity contribution in [1.29, 1.82) is 0 Å². The largest absolute Gasteiger partial charge is 0.367 e. The monoisotopic (exact) mass is 289 g/mol. The van der Waals surface area contributed by atoms with Crippen LogP contribution in [0.1, 0.15) is 45.6 Å². The Labute approximate surface area is 127 Å². The van der Waals surface area contributed by atoms with E-state index in [2.05, 4.69) is 43.2 Å². The zero-order chi connectivity index (χ0) is 15.2. The molecule has 1 N–H and O–H groups in total. The summed E-state index contributed by atoms with van der Waals surface area (Å²) in [5.41, 5.74) is 1.30. The number of hydrogen-bond acceptors (Lipinski definition) is 3. The van der Waals surface area contributed by atoms with Crippen LogP contribution in [0.2, 0.25) is 0 Å². The normalized spacial score (nSPS) is 16.3. The van der Waals surface area contributed by atoms with Gasteiger partial charge in [0.2, 0.25) is 5.91 Å². The molecule has 1 aliphatic rings. The summed E-state index contributed by atoms with van der Waals surface area (Å²) in [4.78, 5) is 18.4. The molecule has 0 unspecified atom stereocenters. The minimum Gasteiger partial charge on any atom is -0.367 e. The first-order valence-electron chi connectivity index (χ1n) is 8.07. The Balaban J connectivity index is 1.82. The predicted octanol–water partition coefficient (Wildman–Crippen LogP) is 3.09. The topological polar surface area (TPSA) is 45.2 Å². The Kier molecular flexibility index (Phi) is 5.59. The van der Waals surface area contributed by atoms with E-state index in [0.717, 1.165) is 38.2 Å². The van der Waals surface area contributed by atoms with E-state index in [0.29, 0.717) is 24.3 Å². The second-order valence-corrected chi connectivity index (χ2v) is 6.30. The molecule has 1 amide bonds. The number of carbonyl (C=O) groups is 1. The number of aryl methyl sites for hydroxylation is 1. The zero-order valence-corrected chi connectivity index (χ0v) is 13.4. The van der Waals surface area contributed by atoms with Crippen molar-refractivity contribution in [3.8, 4) is 0 Å². The third kappa shape index (κ3) is 4.73. The smallest absolute Gasteiger partial charge is 0.222 e. The van der Waals surface area contributed by atoms with Crippen molar-refractivity contribution in [2.24, 2.45) is 5.92 Å². The van der Waals surface area contributed by atoms with Crippen LogP contribution >= 0.6 is 0 Å². The maximum atomic E-state index is 12.1. The zero-order valence-electron chi connectivity index (χ0n) is 13.4. The van der Waals surface area contributed by atoms with E-state index >= 15 is 0 Å². The number of nitrogens with zero attached hydrogens (tertiary/aromatic N) is 2. The number of likely N-dealkylation sites (tertiary alicyclic amines) is 1. The van der Waals surface area contributed by atoms with Crippen LogP contribution in [0.3, 0.4) is 0 Å². The van der Waals surface area contributed by atoms with E-state index < -0.39 is 0 Å². The standard InChI is InChI=1S/C17H27N3O/c1-4-14-5-8-18-16(12-14)19-15-6-9-20(10-7-15)17(21)11-13(2)3/h5,8,12-13,15H,4,6-7,9-11H2,1-3H3,(H,18,19). The molecule has 4 heteroatoms. The lowest BCUT2D eigenvalue weighted by Gasteiger charge is -2.33. The van der Waals surface area contributed by atoms with Crippen molar-refractivity contribution in [2.45, 2.75) is 52.5 Å². The number of piperidine rings is 1. The Hall–Kier alpha value is -1.58. The van der Waals surface area contributed by atoms with E-state index in [4.69, 9.17) is 0 Å². The highest BCUT2D eigenvalue weighted by Gasteiger charge is 2.23. The Bertz CT molecular complexity index is 465. The fourth-order valence-corrected chi connectivity index (χ4v) is 2.73. The molecule has 0 spiro atoms. The van der Waals surface area contributed by atoms with Crippen LogP contribution in [0.25, 0.3) is 0 Å². The summed E-state index contributed by atoms with van der Waals surface area (Å²) in [7, 11) is 0. The van der Waals surface area contributed by atoms with Gasteiger partial charge >= 0.3 is 0 Å². The summed E-state index contributed by atoms with van der Waals surface area (Å²) in [6, 6.07) is 4.60. The van der Waals surface area contributed by atoms with Crippen molar-refractivity contribution < 1.29 is 4.79 Å². The Morgan fingerprint density at radius 1 is 1.43 bits per heavy atom. The quantitative estimate of drug-likeness (QED) is 0.906. The van der Waals surface area contributed by atoms with Gasteiger partial charge in [0.15, 0.2) is 0 Å². The van der Waals surface area contributed by atoms with Gasteiger partial charge in [-0.05, 0) is 42.9 Å². The van der Waals surface area contributed by atoms with E-state index in [1.54, 1.807) is 0 Å². The molecule has 1 aromatic heterocycles. The molecule has 0 aliphatic carbocycles. The molecule has 0 aromatic carbocycles. The molecule has 2 rings (SSSR count). The van der Waals surface area contributed by atoms with Crippen LogP contribution in [0.5, 0.6) is 0 Å². The lowest BCUT2D eigenvalue weighted by atomic mass is 10.0. The molecule has 0 radical (unpaired) electrons. The van der Waals surface area contributed by atoms with Crippen LogP contribution in [-0.4, -0.2) is 34.9 Å². The highest BCUT2D eigenvalue weighted by Crippen LogP contribution is 2.17. The van der Waals surface area contributed by atoms with Gasteiger partial charge in [0.25, 0.3) is 0 Å². The molecule has 1 saturated heterocycles. The summed E-state index contributed by atoms with van der Waals surface area (Å²) in [6.07, 6.45) is 5.56. The average molecular weight is 289 g/mol. The fourth-order valence-electron chi connectivity index (χ4n) is 2.73. The molecular weight excluding hydrogens is 262 g/mol. The summed E-state index contributed by atoms with van der Waals surface area (Å²) < 4.78 is 0. The SMILES string of the molecule is CCc1ccnc(NC2CCN(C(=O)CC(C)C)CC2)c1. The van der Waals surface area contributed by atoms with Crippen molar-refractivity contribution in [3.63, 3.8) is 0 Å². The van der Waals surface area contributed by atoms with Crippen LogP contribution in [0.4, 0.5) is 5.82 Å². The Morgan fingerprint density at radius 3 is 2.76 bits per heavy atom. The van der Waals surface area contributed by atoms with Crippen LogP contribution in [0.15, 0.2) is 18.3 Å². The number of anilines is 1. The van der Waals surface area contributed by atoms with Gasteiger partial charge in [0.1, 0.15) is 5.82 Å². The predicted molar refractivity (Wildman–Crippen MR) is 86.3 cm³/mol. The summed E-state index contributed by atoms with van der Waals surface area (Å²) in [5, 5.41) is 3.51. The third-order valence-electron chi connectivity index (χ3n) is 4.02. The first-order chi connectivity index (χ1) is 10.1. The minimum atomic E-state index is 0.301. The van der Waals surface area contributed by atoms with E-state index in [-0.39, 0.29) is 0 Å². The van der Waals surface area contributed by atoms with Crippen molar-refractivity contribution >= 4 is 11.7 Å². The van der Waals surface area contributed by atoms with Crippen molar-refractivity contribution in [1.82, 2.24) is 9.88 Å². The van der Waals surface area contributed by atoms with Gasteiger partial charge in [-0.2, -0.15) is 0 Å². The molecular formula is C17H27N3O. The van der Waals surface area contributed by atoms with E-state index in [1.165, 1.54) is 5.56 Å². The minimum absolute atomic E-state index is 0.301. The maximum Gasteiger partial charge on any atom is 0.222 e. The van der Waals surface area contributed by atoms with Crippen molar-refractivity contribution in [2.75, 3.05) is 18.4 Å². The summed E-state index contributed by atoms with van der Waals surface area (Å²) >= 11 is 0. The number of amides is 1. The lowest BCUT2D eigenvalue weighted by molar-refractivity contribution is -0.132. The van der Waals surface area contributed by atoms with E-state index in [9.17, 15) is 4.79 Å².